The number of pyridine rings is 1. The van der Waals surface area contributed by atoms with E-state index in [2.05, 4.69) is 40.4 Å². The molecule has 4 aromatic rings. The van der Waals surface area contributed by atoms with E-state index in [1.165, 1.54) is 6.42 Å². The van der Waals surface area contributed by atoms with Crippen molar-refractivity contribution in [3.8, 4) is 16.2 Å². The first-order chi connectivity index (χ1) is 17.8. The molecule has 8 heteroatoms. The number of likely N-dealkylation sites (tertiary alicyclic amines) is 1. The van der Waals surface area contributed by atoms with Gasteiger partial charge in [0.25, 0.3) is 5.91 Å². The summed E-state index contributed by atoms with van der Waals surface area (Å²) in [5.74, 6) is 0.708. The van der Waals surface area contributed by atoms with E-state index >= 15 is 0 Å². The molecule has 190 valence electrons. The van der Waals surface area contributed by atoms with Crippen LogP contribution in [0.15, 0.2) is 60.8 Å². The van der Waals surface area contributed by atoms with Gasteiger partial charge in [-0.05, 0) is 98.9 Å². The maximum Gasteiger partial charge on any atom is 0.252 e. The molecule has 1 aliphatic carbocycles. The number of hydrogen-bond donors (Lipinski definition) is 1. The zero-order valence-electron chi connectivity index (χ0n) is 21.3. The molecule has 0 spiro atoms. The average Bonchev–Trinajstić information content (AvgIpc) is 3.52. The second kappa shape index (κ2) is 9.55. The molecule has 0 radical (unpaired) electrons. The van der Waals surface area contributed by atoms with E-state index in [1.807, 2.05) is 49.5 Å². The third-order valence-corrected chi connectivity index (χ3v) is 10.1. The number of amides is 1. The molecule has 1 saturated carbocycles. The molecule has 1 saturated heterocycles. The number of aryl methyl sites for hydroxylation is 1. The van der Waals surface area contributed by atoms with Crippen LogP contribution in [-0.2, 0) is 5.54 Å². The number of ether oxygens (including phenoxy) is 1. The van der Waals surface area contributed by atoms with Crippen molar-refractivity contribution in [1.82, 2.24) is 15.2 Å². The fourth-order valence-electron chi connectivity index (χ4n) is 5.40. The molecule has 2 atom stereocenters. The molecule has 2 fully saturated rings. The van der Waals surface area contributed by atoms with Crippen LogP contribution in [0.25, 0.3) is 21.3 Å². The number of nitrogens with one attached hydrogen (secondary N) is 1. The van der Waals surface area contributed by atoms with Gasteiger partial charge in [0.05, 0.1) is 31.4 Å². The summed E-state index contributed by atoms with van der Waals surface area (Å²) in [6.45, 7) is 3.11. The van der Waals surface area contributed by atoms with Crippen LogP contribution in [0.1, 0.15) is 40.7 Å². The lowest BCUT2D eigenvalue weighted by molar-refractivity contribution is 0.0562. The highest BCUT2D eigenvalue weighted by Gasteiger charge is 2.47. The molecule has 6 rings (SSSR count). The van der Waals surface area contributed by atoms with Crippen molar-refractivity contribution in [2.75, 3.05) is 13.6 Å². The van der Waals surface area contributed by atoms with Crippen LogP contribution < -0.4 is 10.1 Å². The summed E-state index contributed by atoms with van der Waals surface area (Å²) in [6, 6.07) is 18.7. The molecule has 37 heavy (non-hydrogen) atoms. The predicted octanol–water partition coefficient (Wildman–Crippen LogP) is 5.12. The molecule has 5 nitrogen and oxygen atoms in total. The third-order valence-electron chi connectivity index (χ3n) is 7.86. The van der Waals surface area contributed by atoms with Crippen molar-refractivity contribution >= 4 is 50.0 Å². The topological polar surface area (TPSA) is 54.5 Å². The van der Waals surface area contributed by atoms with Gasteiger partial charge in [-0.3, -0.25) is 9.78 Å². The maximum atomic E-state index is 13.7. The summed E-state index contributed by atoms with van der Waals surface area (Å²) >= 11 is 7.79. The van der Waals surface area contributed by atoms with Crippen molar-refractivity contribution < 1.29 is 9.53 Å². The molecular formula is C29H30ClN3O2SSi. The summed E-state index contributed by atoms with van der Waals surface area (Å²) < 4.78 is 7.07. The van der Waals surface area contributed by atoms with Gasteiger partial charge in [-0.25, -0.2) is 0 Å². The highest BCUT2D eigenvalue weighted by Crippen LogP contribution is 2.49. The minimum atomic E-state index is -0.409. The summed E-state index contributed by atoms with van der Waals surface area (Å²) in [7, 11) is 3.09. The fourth-order valence-corrected chi connectivity index (χ4v) is 7.55. The number of likely N-dealkylation sites (N-methyl/N-ethyl adjacent to an activating group) is 1. The number of carbonyl (C=O) groups is 1. The van der Waals surface area contributed by atoms with Gasteiger partial charge < -0.3 is 15.0 Å². The van der Waals surface area contributed by atoms with Gasteiger partial charge in [-0.1, -0.05) is 23.7 Å². The zero-order chi connectivity index (χ0) is 25.7. The standard InChI is InChI=1S/C29H30ClN3O2SSi/c1-17-5-6-19(35-28(37)24-9-13-33(24)2)16-21(17)27(34)32-29(10-11-29)22-14-18(25-7-8-26(30)36-25)15-23-20(22)4-3-12-31-23/h3-8,12,14-16,24,28H,9-11,13H2,1-2,37H3,(H,32,34)/t24-,28-/m0/s1. The van der Waals surface area contributed by atoms with Crippen LogP contribution in [-0.4, -0.2) is 51.4 Å². The van der Waals surface area contributed by atoms with E-state index in [1.54, 1.807) is 11.3 Å². The number of carbonyl (C=O) groups excluding carboxylic acids is 1. The molecule has 1 aliphatic heterocycles. The Kier molecular flexibility index (Phi) is 6.35. The Morgan fingerprint density at radius 3 is 2.76 bits per heavy atom. The predicted molar refractivity (Wildman–Crippen MR) is 155 cm³/mol. The number of fused-ring (bicyclic) bond motifs is 1. The van der Waals surface area contributed by atoms with Crippen LogP contribution in [0.3, 0.4) is 0 Å². The Hall–Kier alpha value is -2.71. The second-order valence-corrected chi connectivity index (χ2v) is 13.2. The maximum absolute atomic E-state index is 13.7. The van der Waals surface area contributed by atoms with Crippen molar-refractivity contribution in [3.63, 3.8) is 0 Å². The Balaban J connectivity index is 1.30. The van der Waals surface area contributed by atoms with E-state index in [0.717, 1.165) is 72.2 Å². The Labute approximate surface area is 229 Å². The molecule has 0 bridgehead atoms. The summed E-state index contributed by atoms with van der Waals surface area (Å²) in [6.07, 6.45) is 4.77. The number of rotatable bonds is 7. The van der Waals surface area contributed by atoms with E-state index in [9.17, 15) is 4.79 Å². The van der Waals surface area contributed by atoms with Crippen LogP contribution in [0.4, 0.5) is 0 Å². The van der Waals surface area contributed by atoms with E-state index < -0.39 is 5.54 Å². The molecule has 0 unspecified atom stereocenters. The van der Waals surface area contributed by atoms with Gasteiger partial charge in [0, 0.05) is 28.1 Å². The Morgan fingerprint density at radius 1 is 1.24 bits per heavy atom. The minimum absolute atomic E-state index is 0.0623. The van der Waals surface area contributed by atoms with Crippen molar-refractivity contribution in [2.45, 2.75) is 43.5 Å². The molecule has 1 amide bonds. The fraction of sp³-hybridized carbons (Fsp3) is 0.310. The number of benzene rings is 2. The SMILES string of the molecule is Cc1ccc(O[C@@H]([SiH3])[C@@H]2CCN2C)cc1C(=O)NC1(c2cc(-c3ccc(Cl)s3)cc3ncccc23)CC1. The summed E-state index contributed by atoms with van der Waals surface area (Å²) in [5, 5.41) is 4.48. The van der Waals surface area contributed by atoms with Gasteiger partial charge in [0.15, 0.2) is 0 Å². The number of hydrogen-bond acceptors (Lipinski definition) is 5. The quantitative estimate of drug-likeness (QED) is 0.326. The lowest BCUT2D eigenvalue weighted by Crippen LogP contribution is -2.53. The molecule has 2 aliphatic rings. The highest BCUT2D eigenvalue weighted by molar-refractivity contribution is 7.19. The lowest BCUT2D eigenvalue weighted by Gasteiger charge is -2.41. The Morgan fingerprint density at radius 2 is 2.08 bits per heavy atom. The molecule has 2 aromatic carbocycles. The van der Waals surface area contributed by atoms with Gasteiger partial charge >= 0.3 is 0 Å². The third kappa shape index (κ3) is 4.70. The number of nitrogens with zero attached hydrogens (tertiary/aromatic N) is 2. The molecular weight excluding hydrogens is 518 g/mol. The van der Waals surface area contributed by atoms with E-state index in [4.69, 9.17) is 16.3 Å². The normalized spacial score (nSPS) is 19.4. The first kappa shape index (κ1) is 24.6. The average molecular weight is 548 g/mol. The second-order valence-electron chi connectivity index (χ2n) is 10.4. The first-order valence-electron chi connectivity index (χ1n) is 12.8. The van der Waals surface area contributed by atoms with Crippen molar-refractivity contribution in [3.05, 3.63) is 81.8 Å². The molecule has 3 heterocycles. The molecule has 1 N–H and O–H groups in total. The van der Waals surface area contributed by atoms with Crippen LogP contribution in [0, 0.1) is 6.92 Å². The minimum Gasteiger partial charge on any atom is -0.494 e. The monoisotopic (exact) mass is 547 g/mol. The van der Waals surface area contributed by atoms with Gasteiger partial charge in [0.2, 0.25) is 0 Å². The highest BCUT2D eigenvalue weighted by atomic mass is 35.5. The van der Waals surface area contributed by atoms with Gasteiger partial charge in [0.1, 0.15) is 5.75 Å². The zero-order valence-corrected chi connectivity index (χ0v) is 24.8. The van der Waals surface area contributed by atoms with Crippen LogP contribution >= 0.6 is 22.9 Å². The largest absolute Gasteiger partial charge is 0.494 e. The summed E-state index contributed by atoms with van der Waals surface area (Å²) in [5.41, 5.74) is 4.52. The smallest absolute Gasteiger partial charge is 0.252 e. The Bertz CT molecular complexity index is 1500. The van der Waals surface area contributed by atoms with Crippen molar-refractivity contribution in [2.24, 2.45) is 0 Å². The number of thiophene rings is 1. The van der Waals surface area contributed by atoms with Crippen molar-refractivity contribution in [1.29, 1.82) is 0 Å². The van der Waals surface area contributed by atoms with Gasteiger partial charge in [-0.15, -0.1) is 11.3 Å². The van der Waals surface area contributed by atoms with E-state index in [-0.39, 0.29) is 11.6 Å². The first-order valence-corrected chi connectivity index (χ1v) is 15.1. The number of aromatic nitrogens is 1. The van der Waals surface area contributed by atoms with Crippen LogP contribution in [0.2, 0.25) is 4.34 Å². The number of halogens is 1. The lowest BCUT2D eigenvalue weighted by atomic mass is 9.95. The summed E-state index contributed by atoms with van der Waals surface area (Å²) in [4.78, 5) is 21.8. The van der Waals surface area contributed by atoms with Gasteiger partial charge in [-0.2, -0.15) is 0 Å². The van der Waals surface area contributed by atoms with Crippen LogP contribution in [0.5, 0.6) is 5.75 Å². The van der Waals surface area contributed by atoms with E-state index in [0.29, 0.717) is 11.6 Å². The molecule has 2 aromatic heterocycles.